The highest BCUT2D eigenvalue weighted by molar-refractivity contribution is 5.76. The molecule has 1 heterocycles. The molecule has 1 saturated heterocycles. The molecule has 42 heavy (non-hydrogen) atoms. The Bertz CT molecular complexity index is 774. The van der Waals surface area contributed by atoms with Crippen molar-refractivity contribution in [1.82, 2.24) is 30.2 Å². The number of nitrogens with zero attached hydrogens (tertiary/aromatic N) is 4. The Hall–Kier alpha value is -2.40. The molecule has 0 saturated carbocycles. The van der Waals surface area contributed by atoms with Gasteiger partial charge in [0, 0.05) is 65.6 Å². The predicted octanol–water partition coefficient (Wildman–Crippen LogP) is -1.79. The number of rotatable bonds is 19. The number of aliphatic carboxylic acids is 3. The lowest BCUT2D eigenvalue weighted by Crippen LogP contribution is -2.49. The monoisotopic (exact) mass is 604 g/mol. The van der Waals surface area contributed by atoms with Crippen LogP contribution in [0.15, 0.2) is 0 Å². The second kappa shape index (κ2) is 22.2. The topological polar surface area (TPSA) is 206 Å². The third kappa shape index (κ3) is 19.7. The number of hydrogen-bond acceptors (Lipinski definition) is 11. The van der Waals surface area contributed by atoms with Crippen LogP contribution in [0.25, 0.3) is 0 Å². The van der Waals surface area contributed by atoms with Crippen molar-refractivity contribution in [2.24, 2.45) is 0 Å². The number of carboxylic acids is 3. The zero-order valence-corrected chi connectivity index (χ0v) is 25.0. The van der Waals surface area contributed by atoms with Crippen molar-refractivity contribution in [2.45, 2.75) is 57.7 Å². The molecule has 1 amide bonds. The average Bonchev–Trinajstić information content (AvgIpc) is 2.89. The number of carbonyl (C=O) groups is 4. The van der Waals surface area contributed by atoms with E-state index in [1.54, 1.807) is 14.7 Å². The standard InChI is InChI=1S/C27H52N6O9/c1-2-3-4-6-29-24(36)17-23(35)16-22(34)5-7-28-21-33-14-12-31(19-26(39)40)10-8-30(18-25(37)38)9-11-32(13-15-33)20-27(41)42/h22-23,28,34-35H,2-21H2,1H3,(H,29,36)(H,37,38)(H,39,40)(H,41,42). The molecule has 2 atom stereocenters. The first kappa shape index (κ1) is 37.6. The first-order chi connectivity index (χ1) is 20.0. The molecule has 0 radical (unpaired) electrons. The quantitative estimate of drug-likeness (QED) is 0.0813. The molecule has 1 aliphatic rings. The lowest BCUT2D eigenvalue weighted by Gasteiger charge is -2.33. The summed E-state index contributed by atoms with van der Waals surface area (Å²) in [7, 11) is 0. The maximum Gasteiger partial charge on any atom is 0.317 e. The fraction of sp³-hybridized carbons (Fsp3) is 0.852. The van der Waals surface area contributed by atoms with E-state index in [1.807, 2.05) is 4.90 Å². The zero-order valence-electron chi connectivity index (χ0n) is 25.0. The summed E-state index contributed by atoms with van der Waals surface area (Å²) in [5.74, 6) is -3.19. The Kier molecular flexibility index (Phi) is 19.9. The van der Waals surface area contributed by atoms with Gasteiger partial charge in [-0.05, 0) is 25.8 Å². The van der Waals surface area contributed by atoms with Gasteiger partial charge in [0.25, 0.3) is 0 Å². The van der Waals surface area contributed by atoms with E-state index in [9.17, 15) is 44.7 Å². The van der Waals surface area contributed by atoms with Gasteiger partial charge in [-0.2, -0.15) is 0 Å². The number of unbranched alkanes of at least 4 members (excludes halogenated alkanes) is 2. The SMILES string of the molecule is CCCCCNC(=O)CC(O)CC(O)CCNCN1CCN(CC(=O)O)CCN(CC(=O)O)CCN(CC(=O)O)CC1. The molecule has 15 nitrogen and oxygen atoms in total. The number of amides is 1. The first-order valence-electron chi connectivity index (χ1n) is 14.9. The van der Waals surface area contributed by atoms with Crippen LogP contribution in [0.4, 0.5) is 0 Å². The van der Waals surface area contributed by atoms with Gasteiger partial charge in [-0.1, -0.05) is 19.8 Å². The summed E-state index contributed by atoms with van der Waals surface area (Å²) in [6, 6.07) is 0. The smallest absolute Gasteiger partial charge is 0.317 e. The molecule has 0 aromatic heterocycles. The predicted molar refractivity (Wildman–Crippen MR) is 155 cm³/mol. The third-order valence-corrected chi connectivity index (χ3v) is 7.06. The highest BCUT2D eigenvalue weighted by Crippen LogP contribution is 2.06. The molecule has 0 aliphatic carbocycles. The lowest BCUT2D eigenvalue weighted by molar-refractivity contribution is -0.140. The summed E-state index contributed by atoms with van der Waals surface area (Å²) in [5.41, 5.74) is 0. The van der Waals surface area contributed by atoms with Gasteiger partial charge in [0.2, 0.25) is 5.91 Å². The molecular formula is C27H52N6O9. The number of carbonyl (C=O) groups excluding carboxylic acids is 1. The number of nitrogens with one attached hydrogen (secondary N) is 2. The Labute approximate surface area is 248 Å². The van der Waals surface area contributed by atoms with Crippen LogP contribution in [0.5, 0.6) is 0 Å². The van der Waals surface area contributed by atoms with Crippen molar-refractivity contribution in [3.63, 3.8) is 0 Å². The van der Waals surface area contributed by atoms with Gasteiger partial charge in [0.05, 0.1) is 38.3 Å². The van der Waals surface area contributed by atoms with E-state index >= 15 is 0 Å². The van der Waals surface area contributed by atoms with Gasteiger partial charge in [-0.15, -0.1) is 0 Å². The zero-order chi connectivity index (χ0) is 31.3. The van der Waals surface area contributed by atoms with E-state index in [0.29, 0.717) is 78.5 Å². The van der Waals surface area contributed by atoms with Crippen molar-refractivity contribution in [2.75, 3.05) is 91.8 Å². The van der Waals surface area contributed by atoms with E-state index in [-0.39, 0.29) is 38.4 Å². The molecule has 1 aliphatic heterocycles. The van der Waals surface area contributed by atoms with Crippen LogP contribution in [0.3, 0.4) is 0 Å². The Morgan fingerprint density at radius 2 is 1.12 bits per heavy atom. The van der Waals surface area contributed by atoms with Crippen molar-refractivity contribution >= 4 is 23.8 Å². The molecule has 7 N–H and O–H groups in total. The molecule has 0 bridgehead atoms. The molecule has 0 aromatic carbocycles. The van der Waals surface area contributed by atoms with Crippen molar-refractivity contribution in [3.8, 4) is 0 Å². The Morgan fingerprint density at radius 3 is 1.55 bits per heavy atom. The molecule has 1 fully saturated rings. The fourth-order valence-corrected chi connectivity index (χ4v) is 4.69. The summed E-state index contributed by atoms with van der Waals surface area (Å²) in [6.07, 6.45) is 1.63. The average molecular weight is 605 g/mol. The van der Waals surface area contributed by atoms with Gasteiger partial charge in [0.15, 0.2) is 0 Å². The van der Waals surface area contributed by atoms with Crippen molar-refractivity contribution in [1.29, 1.82) is 0 Å². The molecule has 244 valence electrons. The summed E-state index contributed by atoms with van der Waals surface area (Å²) in [6.45, 7) is 6.14. The normalized spacial score (nSPS) is 18.5. The van der Waals surface area contributed by atoms with Crippen LogP contribution in [-0.4, -0.2) is 173 Å². The highest BCUT2D eigenvalue weighted by Gasteiger charge is 2.20. The van der Waals surface area contributed by atoms with E-state index in [0.717, 1.165) is 19.3 Å². The third-order valence-electron chi connectivity index (χ3n) is 7.06. The molecule has 0 spiro atoms. The van der Waals surface area contributed by atoms with E-state index < -0.39 is 30.1 Å². The summed E-state index contributed by atoms with van der Waals surface area (Å²) in [4.78, 5) is 53.3. The minimum Gasteiger partial charge on any atom is -0.480 e. The lowest BCUT2D eigenvalue weighted by atomic mass is 10.1. The van der Waals surface area contributed by atoms with Crippen LogP contribution in [-0.2, 0) is 19.2 Å². The second-order valence-corrected chi connectivity index (χ2v) is 10.9. The highest BCUT2D eigenvalue weighted by atomic mass is 16.4. The Balaban J connectivity index is 2.62. The molecule has 0 aromatic rings. The van der Waals surface area contributed by atoms with Gasteiger partial charge in [-0.25, -0.2) is 0 Å². The second-order valence-electron chi connectivity index (χ2n) is 10.9. The van der Waals surface area contributed by atoms with Gasteiger partial charge < -0.3 is 36.2 Å². The van der Waals surface area contributed by atoms with Crippen LogP contribution in [0.2, 0.25) is 0 Å². The van der Waals surface area contributed by atoms with E-state index in [4.69, 9.17) is 0 Å². The van der Waals surface area contributed by atoms with Crippen LogP contribution >= 0.6 is 0 Å². The minimum absolute atomic E-state index is 0.0574. The van der Waals surface area contributed by atoms with E-state index in [2.05, 4.69) is 17.6 Å². The first-order valence-corrected chi connectivity index (χ1v) is 14.9. The van der Waals surface area contributed by atoms with Crippen molar-refractivity contribution < 1.29 is 44.7 Å². The van der Waals surface area contributed by atoms with Gasteiger partial charge in [-0.3, -0.25) is 38.8 Å². The number of carboxylic acid groups (broad SMARTS) is 3. The number of aliphatic hydroxyl groups excluding tert-OH is 2. The summed E-state index contributed by atoms with van der Waals surface area (Å²) in [5, 5.41) is 54.5. The van der Waals surface area contributed by atoms with Crippen molar-refractivity contribution in [3.05, 3.63) is 0 Å². The Morgan fingerprint density at radius 1 is 0.667 bits per heavy atom. The maximum atomic E-state index is 11.9. The van der Waals surface area contributed by atoms with Crippen LogP contribution in [0, 0.1) is 0 Å². The molecule has 15 heteroatoms. The largest absolute Gasteiger partial charge is 0.480 e. The number of hydrogen-bond donors (Lipinski definition) is 7. The van der Waals surface area contributed by atoms with E-state index in [1.165, 1.54) is 0 Å². The van der Waals surface area contributed by atoms with Gasteiger partial charge >= 0.3 is 17.9 Å². The maximum absolute atomic E-state index is 11.9. The molecule has 1 rings (SSSR count). The van der Waals surface area contributed by atoms with Crippen LogP contribution < -0.4 is 10.6 Å². The van der Waals surface area contributed by atoms with Gasteiger partial charge in [0.1, 0.15) is 0 Å². The summed E-state index contributed by atoms with van der Waals surface area (Å²) >= 11 is 0. The fourth-order valence-electron chi connectivity index (χ4n) is 4.69. The molecule has 2 unspecified atom stereocenters. The van der Waals surface area contributed by atoms with Crippen LogP contribution in [0.1, 0.15) is 45.4 Å². The summed E-state index contributed by atoms with van der Waals surface area (Å²) < 4.78 is 0. The minimum atomic E-state index is -1.00. The number of aliphatic hydroxyl groups is 2. The molecular weight excluding hydrogens is 552 g/mol.